The Kier molecular flexibility index (Phi) is 5.92. The summed E-state index contributed by atoms with van der Waals surface area (Å²) in [5.41, 5.74) is 0.514. The first-order valence-corrected chi connectivity index (χ1v) is 7.99. The molecular formula is C16H24N4O3. The van der Waals surface area contributed by atoms with Crippen molar-refractivity contribution in [2.45, 2.75) is 26.3 Å². The van der Waals surface area contributed by atoms with Gasteiger partial charge in [0.05, 0.1) is 12.1 Å². The molecule has 1 aliphatic heterocycles. The zero-order chi connectivity index (χ0) is 16.8. The van der Waals surface area contributed by atoms with Crippen molar-refractivity contribution in [2.24, 2.45) is 0 Å². The first-order valence-electron chi connectivity index (χ1n) is 7.99. The third-order valence-corrected chi connectivity index (χ3v) is 4.10. The van der Waals surface area contributed by atoms with Crippen molar-refractivity contribution in [3.63, 3.8) is 0 Å². The predicted octanol–water partition coefficient (Wildman–Crippen LogP) is -0.00750. The number of carbonyl (C=O) groups excluding carboxylic acids is 2. The number of carbonyl (C=O) groups is 2. The fourth-order valence-corrected chi connectivity index (χ4v) is 2.47. The molecule has 1 atom stereocenters. The molecule has 126 valence electrons. The lowest BCUT2D eigenvalue weighted by atomic mass is 10.2. The van der Waals surface area contributed by atoms with Gasteiger partial charge in [0.15, 0.2) is 12.4 Å². The van der Waals surface area contributed by atoms with Crippen LogP contribution in [0, 0.1) is 5.21 Å². The zero-order valence-corrected chi connectivity index (χ0v) is 13.7. The molecule has 7 heteroatoms. The van der Waals surface area contributed by atoms with E-state index in [4.69, 9.17) is 0 Å². The zero-order valence-electron chi connectivity index (χ0n) is 13.7. The van der Waals surface area contributed by atoms with Crippen molar-refractivity contribution < 1.29 is 14.3 Å². The van der Waals surface area contributed by atoms with Crippen LogP contribution in [0.1, 0.15) is 30.6 Å². The summed E-state index contributed by atoms with van der Waals surface area (Å²) in [4.78, 5) is 28.0. The highest BCUT2D eigenvalue weighted by Gasteiger charge is 2.23. The molecule has 1 saturated heterocycles. The number of hydrogen-bond donors (Lipinski definition) is 1. The molecule has 2 rings (SSSR count). The normalized spacial score (nSPS) is 16.9. The molecule has 1 fully saturated rings. The maximum atomic E-state index is 12.3. The minimum Gasteiger partial charge on any atom is -0.619 e. The Morgan fingerprint density at radius 3 is 2.43 bits per heavy atom. The molecule has 2 amide bonds. The van der Waals surface area contributed by atoms with Crippen LogP contribution in [0.25, 0.3) is 0 Å². The van der Waals surface area contributed by atoms with E-state index in [0.29, 0.717) is 43.0 Å². The van der Waals surface area contributed by atoms with Gasteiger partial charge in [-0.3, -0.25) is 14.5 Å². The van der Waals surface area contributed by atoms with Crippen LogP contribution in [0.15, 0.2) is 24.5 Å². The molecule has 23 heavy (non-hydrogen) atoms. The van der Waals surface area contributed by atoms with Gasteiger partial charge in [0.2, 0.25) is 5.91 Å². The topological polar surface area (TPSA) is 79.6 Å². The van der Waals surface area contributed by atoms with Gasteiger partial charge >= 0.3 is 0 Å². The smallest absolute Gasteiger partial charge is 0.254 e. The molecule has 1 aromatic rings. The van der Waals surface area contributed by atoms with Gasteiger partial charge in [-0.05, 0) is 13.3 Å². The van der Waals surface area contributed by atoms with Crippen LogP contribution >= 0.6 is 0 Å². The summed E-state index contributed by atoms with van der Waals surface area (Å²) < 4.78 is 0.657. The summed E-state index contributed by atoms with van der Waals surface area (Å²) >= 11 is 0. The number of aromatic nitrogens is 1. The van der Waals surface area contributed by atoms with E-state index < -0.39 is 0 Å². The lowest BCUT2D eigenvalue weighted by Crippen LogP contribution is -2.51. The van der Waals surface area contributed by atoms with Gasteiger partial charge < -0.3 is 15.4 Å². The van der Waals surface area contributed by atoms with Gasteiger partial charge in [-0.15, -0.1) is 0 Å². The Morgan fingerprint density at radius 2 is 1.87 bits per heavy atom. The predicted molar refractivity (Wildman–Crippen MR) is 85.6 cm³/mol. The van der Waals surface area contributed by atoms with Gasteiger partial charge in [0.25, 0.3) is 5.91 Å². The maximum absolute atomic E-state index is 12.3. The van der Waals surface area contributed by atoms with E-state index in [1.165, 1.54) is 24.5 Å². The maximum Gasteiger partial charge on any atom is 0.254 e. The molecule has 1 aliphatic rings. The SMILES string of the molecule is CCC(C)NC(=O)CN1CCN(C(=O)c2cc[n+]([O-])cc2)CC1. The molecule has 0 radical (unpaired) electrons. The van der Waals surface area contributed by atoms with Crippen molar-refractivity contribution in [2.75, 3.05) is 32.7 Å². The number of nitrogens with zero attached hydrogens (tertiary/aromatic N) is 3. The lowest BCUT2D eigenvalue weighted by Gasteiger charge is -2.34. The van der Waals surface area contributed by atoms with Crippen LogP contribution in [0.3, 0.4) is 0 Å². The van der Waals surface area contributed by atoms with Crippen molar-refractivity contribution in [3.8, 4) is 0 Å². The highest BCUT2D eigenvalue weighted by molar-refractivity contribution is 5.94. The molecule has 0 bridgehead atoms. The van der Waals surface area contributed by atoms with Gasteiger partial charge in [0, 0.05) is 44.4 Å². The number of hydrogen-bond acceptors (Lipinski definition) is 4. The molecule has 1 unspecified atom stereocenters. The Balaban J connectivity index is 1.80. The van der Waals surface area contributed by atoms with Gasteiger partial charge in [0.1, 0.15) is 0 Å². The summed E-state index contributed by atoms with van der Waals surface area (Å²) in [7, 11) is 0. The van der Waals surface area contributed by atoms with Crippen LogP contribution in [-0.2, 0) is 4.79 Å². The number of amides is 2. The van der Waals surface area contributed by atoms with Crippen molar-refractivity contribution >= 4 is 11.8 Å². The molecule has 0 aliphatic carbocycles. The number of piperazine rings is 1. The fraction of sp³-hybridized carbons (Fsp3) is 0.562. The van der Waals surface area contributed by atoms with E-state index in [0.717, 1.165) is 6.42 Å². The fourth-order valence-electron chi connectivity index (χ4n) is 2.47. The van der Waals surface area contributed by atoms with Gasteiger partial charge in [-0.1, -0.05) is 6.92 Å². The Labute approximate surface area is 136 Å². The van der Waals surface area contributed by atoms with Crippen molar-refractivity contribution in [3.05, 3.63) is 35.3 Å². The largest absolute Gasteiger partial charge is 0.619 e. The first-order chi connectivity index (χ1) is 11.0. The van der Waals surface area contributed by atoms with Crippen molar-refractivity contribution in [1.29, 1.82) is 0 Å². The second-order valence-corrected chi connectivity index (χ2v) is 5.89. The van der Waals surface area contributed by atoms with Crippen molar-refractivity contribution in [1.82, 2.24) is 15.1 Å². The average molecular weight is 320 g/mol. The lowest BCUT2D eigenvalue weighted by molar-refractivity contribution is -0.605. The van der Waals surface area contributed by atoms with Crippen LogP contribution in [0.5, 0.6) is 0 Å². The minimum atomic E-state index is -0.0747. The van der Waals surface area contributed by atoms with Crippen LogP contribution < -0.4 is 10.0 Å². The van der Waals surface area contributed by atoms with E-state index >= 15 is 0 Å². The van der Waals surface area contributed by atoms with E-state index in [1.54, 1.807) is 4.90 Å². The number of rotatable bonds is 5. The standard InChI is InChI=1S/C16H24N4O3/c1-3-13(2)17-15(21)12-18-8-10-19(11-9-18)16(22)14-4-6-20(23)7-5-14/h4-7,13H,3,8-12H2,1-2H3,(H,17,21). The molecular weight excluding hydrogens is 296 g/mol. The highest BCUT2D eigenvalue weighted by atomic mass is 16.5. The second kappa shape index (κ2) is 7.92. The molecule has 0 spiro atoms. The van der Waals surface area contributed by atoms with Crippen LogP contribution in [-0.4, -0.2) is 60.4 Å². The number of pyridine rings is 1. The van der Waals surface area contributed by atoms with Gasteiger partial charge in [-0.2, -0.15) is 4.73 Å². The second-order valence-electron chi connectivity index (χ2n) is 5.89. The number of nitrogens with one attached hydrogen (secondary N) is 1. The Bertz CT molecular complexity index is 539. The summed E-state index contributed by atoms with van der Waals surface area (Å²) in [5, 5.41) is 14.0. The van der Waals surface area contributed by atoms with E-state index in [1.807, 2.05) is 13.8 Å². The molecule has 0 aromatic carbocycles. The van der Waals surface area contributed by atoms with Crippen LogP contribution in [0.2, 0.25) is 0 Å². The average Bonchev–Trinajstić information content (AvgIpc) is 2.55. The molecule has 1 N–H and O–H groups in total. The molecule has 7 nitrogen and oxygen atoms in total. The monoisotopic (exact) mass is 320 g/mol. The van der Waals surface area contributed by atoms with E-state index in [2.05, 4.69) is 10.2 Å². The summed E-state index contributed by atoms with van der Waals surface area (Å²) in [5.74, 6) is -0.0449. The minimum absolute atomic E-state index is 0.0298. The Morgan fingerprint density at radius 1 is 1.26 bits per heavy atom. The highest BCUT2D eigenvalue weighted by Crippen LogP contribution is 2.07. The molecule has 1 aromatic heterocycles. The van der Waals surface area contributed by atoms with Crippen LogP contribution in [0.4, 0.5) is 0 Å². The quantitative estimate of drug-likeness (QED) is 0.611. The Hall–Kier alpha value is -2.15. The summed E-state index contributed by atoms with van der Waals surface area (Å²) in [6.45, 7) is 6.91. The van der Waals surface area contributed by atoms with Gasteiger partial charge in [-0.25, -0.2) is 0 Å². The summed E-state index contributed by atoms with van der Waals surface area (Å²) in [6, 6.07) is 3.25. The summed E-state index contributed by atoms with van der Waals surface area (Å²) in [6.07, 6.45) is 3.56. The molecule has 2 heterocycles. The third kappa shape index (κ3) is 4.92. The van der Waals surface area contributed by atoms with E-state index in [-0.39, 0.29) is 17.9 Å². The molecule has 0 saturated carbocycles. The van der Waals surface area contributed by atoms with E-state index in [9.17, 15) is 14.8 Å². The first kappa shape index (κ1) is 17.2. The third-order valence-electron chi connectivity index (χ3n) is 4.10.